The molecule has 0 spiro atoms. The zero-order valence-electron chi connectivity index (χ0n) is 21.4. The molecule has 2 aliphatic rings. The van der Waals surface area contributed by atoms with Gasteiger partial charge in [0, 0.05) is 23.7 Å². The number of ether oxygens (including phenoxy) is 1. The number of hydrogen-bond acceptors (Lipinski definition) is 7. The lowest BCUT2D eigenvalue weighted by Crippen LogP contribution is -2.45. The third kappa shape index (κ3) is 5.37. The smallest absolute Gasteiger partial charge is 0.410 e. The van der Waals surface area contributed by atoms with Crippen LogP contribution in [0.3, 0.4) is 0 Å². The van der Waals surface area contributed by atoms with Crippen molar-refractivity contribution in [2.75, 3.05) is 24.7 Å². The van der Waals surface area contributed by atoms with Crippen LogP contribution in [0.25, 0.3) is 22.4 Å². The number of carbonyl (C=O) groups is 1. The van der Waals surface area contributed by atoms with Crippen LogP contribution in [0.4, 0.5) is 10.7 Å². The number of anilines is 1. The van der Waals surface area contributed by atoms with E-state index in [0.29, 0.717) is 48.0 Å². The molecule has 1 amide bonds. The number of nitrogens with one attached hydrogen (secondary N) is 2. The summed E-state index contributed by atoms with van der Waals surface area (Å²) >= 11 is 6.36. The molecule has 1 saturated carbocycles. The van der Waals surface area contributed by atoms with Crippen molar-refractivity contribution < 1.29 is 14.6 Å². The predicted molar refractivity (Wildman–Crippen MR) is 147 cm³/mol. The summed E-state index contributed by atoms with van der Waals surface area (Å²) in [6.07, 6.45) is 5.12. The van der Waals surface area contributed by atoms with Crippen molar-refractivity contribution >= 4 is 40.6 Å². The highest BCUT2D eigenvalue weighted by atomic mass is 35.5. The Bertz CT molecular complexity index is 1370. The van der Waals surface area contributed by atoms with E-state index in [1.54, 1.807) is 6.07 Å². The summed E-state index contributed by atoms with van der Waals surface area (Å²) < 4.78 is 7.91. The van der Waals surface area contributed by atoms with Gasteiger partial charge in [-0.1, -0.05) is 29.8 Å². The summed E-state index contributed by atoms with van der Waals surface area (Å²) in [4.78, 5) is 27.7. The van der Waals surface area contributed by atoms with E-state index in [9.17, 15) is 9.90 Å². The quantitative estimate of drug-likeness (QED) is 0.230. The monoisotopic (exact) mass is 537 g/mol. The van der Waals surface area contributed by atoms with Gasteiger partial charge in [0.15, 0.2) is 17.3 Å². The summed E-state index contributed by atoms with van der Waals surface area (Å²) in [5.74, 6) is 1.34. The number of amides is 1. The molecule has 11 heteroatoms. The average molecular weight is 538 g/mol. The van der Waals surface area contributed by atoms with Gasteiger partial charge in [0.2, 0.25) is 5.95 Å². The number of hydrogen-bond donors (Lipinski definition) is 3. The minimum absolute atomic E-state index is 0.0485. The molecule has 1 aromatic carbocycles. The van der Waals surface area contributed by atoms with Gasteiger partial charge < -0.3 is 19.3 Å². The molecule has 3 aromatic rings. The maximum atomic E-state index is 11.2. The number of rotatable bonds is 6. The Morgan fingerprint density at radius 3 is 2.76 bits per heavy atom. The Morgan fingerprint density at radius 2 is 2.08 bits per heavy atom. The van der Waals surface area contributed by atoms with E-state index in [4.69, 9.17) is 26.7 Å². The van der Waals surface area contributed by atoms with Crippen LogP contribution < -0.4 is 10.2 Å². The Kier molecular flexibility index (Phi) is 7.62. The molecule has 38 heavy (non-hydrogen) atoms. The van der Waals surface area contributed by atoms with Crippen LogP contribution in [-0.2, 0) is 11.3 Å². The molecule has 3 N–H and O–H groups in total. The molecule has 2 fully saturated rings. The third-order valence-electron chi connectivity index (χ3n) is 7.43. The van der Waals surface area contributed by atoms with Crippen molar-refractivity contribution in [2.45, 2.75) is 45.2 Å². The molecule has 0 radical (unpaired) electrons. The Balaban J connectivity index is 1.69. The lowest BCUT2D eigenvalue weighted by atomic mass is 9.82. The van der Waals surface area contributed by atoms with Crippen LogP contribution in [0.1, 0.15) is 38.4 Å². The number of imidazole rings is 1. The molecule has 5 rings (SSSR count). The number of allylic oxidation sites excluding steroid dienone is 1. The van der Waals surface area contributed by atoms with Crippen molar-refractivity contribution in [3.8, 4) is 11.3 Å². The topological polar surface area (TPSA) is 129 Å². The highest BCUT2D eigenvalue weighted by Gasteiger charge is 2.30. The van der Waals surface area contributed by atoms with Crippen LogP contribution >= 0.6 is 11.6 Å². The summed E-state index contributed by atoms with van der Waals surface area (Å²) in [5.41, 5.74) is 2.46. The first-order valence-electron chi connectivity index (χ1n) is 12.9. The zero-order valence-corrected chi connectivity index (χ0v) is 22.1. The van der Waals surface area contributed by atoms with Crippen molar-refractivity contribution in [2.24, 2.45) is 11.8 Å². The molecular weight excluding hydrogens is 506 g/mol. The second kappa shape index (κ2) is 11.1. The van der Waals surface area contributed by atoms with Gasteiger partial charge in [-0.2, -0.15) is 4.98 Å². The second-order valence-electron chi connectivity index (χ2n) is 10.0. The van der Waals surface area contributed by atoms with Crippen LogP contribution in [0.5, 0.6) is 0 Å². The van der Waals surface area contributed by atoms with E-state index < -0.39 is 11.9 Å². The van der Waals surface area contributed by atoms with Crippen LogP contribution in [0, 0.1) is 17.2 Å². The molecule has 1 aliphatic carbocycles. The zero-order chi connectivity index (χ0) is 26.8. The molecular formula is C27H32ClN7O3. The standard InChI is InChI=1S/C27H32ClN7O3/c1-3-17-7-9-18(10-8-17)14-35-22-21(19-5-4-6-20(28)13-19)30-25(23(29)31-27(36)37)32-24(22)33-26(35)34-11-12-38-15-16(34)2/h3-6,13,16-18H,1,7-12,14-15H2,2H3,(H2,29,31)(H,36,37)/t16-,17?,18?/m0/s1. The molecule has 3 heterocycles. The summed E-state index contributed by atoms with van der Waals surface area (Å²) in [6.45, 7) is 8.73. The fraction of sp³-hybridized carbons (Fsp3) is 0.444. The van der Waals surface area contributed by atoms with Gasteiger partial charge in [-0.05, 0) is 56.6 Å². The van der Waals surface area contributed by atoms with Crippen LogP contribution in [-0.4, -0.2) is 62.4 Å². The van der Waals surface area contributed by atoms with Gasteiger partial charge in [-0.25, -0.2) is 14.8 Å². The fourth-order valence-electron chi connectivity index (χ4n) is 5.42. The van der Waals surface area contributed by atoms with Crippen molar-refractivity contribution in [3.05, 3.63) is 47.8 Å². The Hall–Kier alpha value is -3.50. The Labute approximate surface area is 226 Å². The highest BCUT2D eigenvalue weighted by molar-refractivity contribution is 6.30. The van der Waals surface area contributed by atoms with Gasteiger partial charge in [0.25, 0.3) is 0 Å². The van der Waals surface area contributed by atoms with E-state index in [1.807, 2.05) is 18.2 Å². The molecule has 2 aromatic heterocycles. The normalized spacial score (nSPS) is 21.8. The molecule has 200 valence electrons. The number of carboxylic acid groups (broad SMARTS) is 1. The SMILES string of the molecule is C=CC1CCC(Cn2c(N3CCOC[C@@H]3C)nc3nc(C(=N)NC(=O)O)nc(-c4cccc(Cl)c4)c32)CC1. The van der Waals surface area contributed by atoms with Crippen molar-refractivity contribution in [1.29, 1.82) is 5.41 Å². The predicted octanol–water partition coefficient (Wildman–Crippen LogP) is 4.96. The van der Waals surface area contributed by atoms with E-state index in [1.165, 1.54) is 0 Å². The molecule has 10 nitrogen and oxygen atoms in total. The first-order valence-corrected chi connectivity index (χ1v) is 13.3. The van der Waals surface area contributed by atoms with E-state index >= 15 is 0 Å². The van der Waals surface area contributed by atoms with E-state index in [0.717, 1.165) is 49.3 Å². The second-order valence-corrected chi connectivity index (χ2v) is 10.5. The minimum Gasteiger partial charge on any atom is -0.465 e. The lowest BCUT2D eigenvalue weighted by molar-refractivity contribution is 0.0976. The van der Waals surface area contributed by atoms with Gasteiger partial charge in [-0.15, -0.1) is 6.58 Å². The highest BCUT2D eigenvalue weighted by Crippen LogP contribution is 2.36. The maximum Gasteiger partial charge on any atom is 0.410 e. The largest absolute Gasteiger partial charge is 0.465 e. The first kappa shape index (κ1) is 26.1. The molecule has 1 aliphatic heterocycles. The number of nitrogens with zero attached hydrogens (tertiary/aromatic N) is 5. The molecule has 0 bridgehead atoms. The number of morpholine rings is 1. The average Bonchev–Trinajstić information content (AvgIpc) is 3.26. The number of benzene rings is 1. The number of fused-ring (bicyclic) bond motifs is 1. The summed E-state index contributed by atoms with van der Waals surface area (Å²) in [7, 11) is 0. The van der Waals surface area contributed by atoms with E-state index in [-0.39, 0.29) is 11.9 Å². The minimum atomic E-state index is -1.36. The fourth-order valence-corrected chi connectivity index (χ4v) is 5.61. The van der Waals surface area contributed by atoms with Crippen LogP contribution in [0.2, 0.25) is 5.02 Å². The summed E-state index contributed by atoms with van der Waals surface area (Å²) in [5, 5.41) is 20.0. The molecule has 1 saturated heterocycles. The van der Waals surface area contributed by atoms with Crippen LogP contribution in [0.15, 0.2) is 36.9 Å². The van der Waals surface area contributed by atoms with Gasteiger partial charge in [0.05, 0.1) is 19.3 Å². The molecule has 1 atom stereocenters. The van der Waals surface area contributed by atoms with Gasteiger partial charge >= 0.3 is 6.09 Å². The van der Waals surface area contributed by atoms with Gasteiger partial charge in [0.1, 0.15) is 11.2 Å². The van der Waals surface area contributed by atoms with Gasteiger partial charge in [-0.3, -0.25) is 10.7 Å². The number of halogens is 1. The first-order chi connectivity index (χ1) is 18.3. The van der Waals surface area contributed by atoms with Crippen molar-refractivity contribution in [1.82, 2.24) is 24.8 Å². The molecule has 0 unspecified atom stereocenters. The van der Waals surface area contributed by atoms with E-state index in [2.05, 4.69) is 44.3 Å². The Morgan fingerprint density at radius 1 is 1.29 bits per heavy atom. The summed E-state index contributed by atoms with van der Waals surface area (Å²) in [6, 6.07) is 7.45. The number of aromatic nitrogens is 4. The lowest BCUT2D eigenvalue weighted by Gasteiger charge is -2.35. The maximum absolute atomic E-state index is 11.2. The third-order valence-corrected chi connectivity index (χ3v) is 7.66. The number of amidine groups is 1. The van der Waals surface area contributed by atoms with Crippen molar-refractivity contribution in [3.63, 3.8) is 0 Å².